The molecule has 0 aliphatic heterocycles. The highest BCUT2D eigenvalue weighted by atomic mass is 19.1. The van der Waals surface area contributed by atoms with Crippen LogP contribution >= 0.6 is 0 Å². The third-order valence-corrected chi connectivity index (χ3v) is 4.31. The quantitative estimate of drug-likeness (QED) is 0.353. The Bertz CT molecular complexity index is 1280. The second-order valence-corrected chi connectivity index (χ2v) is 6.38. The Hall–Kier alpha value is -4.21. The number of nitrogens with one attached hydrogen (secondary N) is 2. The van der Waals surface area contributed by atoms with Crippen LogP contribution < -0.4 is 10.6 Å². The first-order valence-electron chi connectivity index (χ1n) is 8.77. The van der Waals surface area contributed by atoms with Crippen molar-refractivity contribution in [1.82, 2.24) is 15.0 Å². The summed E-state index contributed by atoms with van der Waals surface area (Å²) in [6, 6.07) is 11.8. The molecule has 30 heavy (non-hydrogen) atoms. The van der Waals surface area contributed by atoms with Crippen LogP contribution in [0, 0.1) is 28.7 Å². The molecular formula is C20H14F2N6O2. The highest BCUT2D eigenvalue weighted by Crippen LogP contribution is 2.35. The number of nitrogens with zero attached hydrogens (tertiary/aromatic N) is 4. The van der Waals surface area contributed by atoms with Gasteiger partial charge in [-0.25, -0.2) is 18.7 Å². The van der Waals surface area contributed by atoms with E-state index in [-0.39, 0.29) is 17.3 Å². The zero-order chi connectivity index (χ0) is 21.3. The van der Waals surface area contributed by atoms with Crippen molar-refractivity contribution in [2.24, 2.45) is 0 Å². The predicted molar refractivity (Wildman–Crippen MR) is 108 cm³/mol. The van der Waals surface area contributed by atoms with E-state index in [2.05, 4.69) is 25.6 Å². The number of aromatic nitrogens is 3. The molecule has 150 valence electrons. The minimum atomic E-state index is -0.909. The summed E-state index contributed by atoms with van der Waals surface area (Å²) >= 11 is 0. The maximum atomic E-state index is 14.0. The Balaban J connectivity index is 1.76. The number of fused-ring (bicyclic) bond motifs is 1. The maximum absolute atomic E-state index is 14.0. The Morgan fingerprint density at radius 1 is 0.967 bits per heavy atom. The van der Waals surface area contributed by atoms with Crippen LogP contribution in [0.5, 0.6) is 0 Å². The molecule has 2 aromatic carbocycles. The van der Waals surface area contributed by atoms with Crippen molar-refractivity contribution >= 4 is 39.6 Å². The topological polar surface area (TPSA) is 106 Å². The number of hydrogen-bond donors (Lipinski definition) is 2. The van der Waals surface area contributed by atoms with Gasteiger partial charge in [0.25, 0.3) is 0 Å². The number of nitro groups is 1. The Morgan fingerprint density at radius 3 is 2.40 bits per heavy atom. The molecule has 4 aromatic rings. The SMILES string of the molecule is Cc1ccc2c(Nc3ncnc(Nc4ccc(F)cc4F)c3[N+](=O)[O-])cccc2n1. The first-order chi connectivity index (χ1) is 14.4. The Labute approximate surface area is 168 Å². The van der Waals surface area contributed by atoms with Crippen LogP contribution in [0.2, 0.25) is 0 Å². The lowest BCUT2D eigenvalue weighted by Crippen LogP contribution is -2.06. The van der Waals surface area contributed by atoms with Crippen molar-refractivity contribution in [3.63, 3.8) is 0 Å². The van der Waals surface area contributed by atoms with Crippen molar-refractivity contribution in [3.8, 4) is 0 Å². The summed E-state index contributed by atoms with van der Waals surface area (Å²) in [7, 11) is 0. The van der Waals surface area contributed by atoms with Gasteiger partial charge in [0.2, 0.25) is 11.6 Å². The number of benzene rings is 2. The third-order valence-electron chi connectivity index (χ3n) is 4.31. The first-order valence-corrected chi connectivity index (χ1v) is 8.77. The third kappa shape index (κ3) is 3.70. The zero-order valence-electron chi connectivity index (χ0n) is 15.6. The number of rotatable bonds is 5. The Kier molecular flexibility index (Phi) is 4.88. The molecule has 0 saturated heterocycles. The van der Waals surface area contributed by atoms with Crippen LogP contribution in [0.25, 0.3) is 10.9 Å². The summed E-state index contributed by atoms with van der Waals surface area (Å²) in [6.07, 6.45) is 1.10. The van der Waals surface area contributed by atoms with Crippen LogP contribution in [-0.4, -0.2) is 19.9 Å². The average molecular weight is 408 g/mol. The van der Waals surface area contributed by atoms with Gasteiger partial charge >= 0.3 is 5.69 Å². The fourth-order valence-electron chi connectivity index (χ4n) is 2.95. The fourth-order valence-corrected chi connectivity index (χ4v) is 2.95. The van der Waals surface area contributed by atoms with Crippen molar-refractivity contribution in [2.75, 3.05) is 10.6 Å². The van der Waals surface area contributed by atoms with Crippen molar-refractivity contribution in [2.45, 2.75) is 6.92 Å². The number of pyridine rings is 1. The smallest absolute Gasteiger partial charge is 0.334 e. The lowest BCUT2D eigenvalue weighted by Gasteiger charge is -2.12. The van der Waals surface area contributed by atoms with E-state index in [1.807, 2.05) is 25.1 Å². The minimum absolute atomic E-state index is 0.0897. The van der Waals surface area contributed by atoms with E-state index in [4.69, 9.17) is 0 Å². The van der Waals surface area contributed by atoms with E-state index in [9.17, 15) is 18.9 Å². The van der Waals surface area contributed by atoms with E-state index >= 15 is 0 Å². The largest absolute Gasteiger partial charge is 0.353 e. The second-order valence-electron chi connectivity index (χ2n) is 6.38. The molecule has 2 heterocycles. The number of halogens is 2. The van der Waals surface area contributed by atoms with Gasteiger partial charge in [-0.15, -0.1) is 0 Å². The number of hydrogen-bond acceptors (Lipinski definition) is 7. The van der Waals surface area contributed by atoms with Gasteiger partial charge in [0.15, 0.2) is 0 Å². The van der Waals surface area contributed by atoms with Gasteiger partial charge in [-0.1, -0.05) is 6.07 Å². The monoisotopic (exact) mass is 408 g/mol. The molecule has 2 N–H and O–H groups in total. The molecule has 10 heteroatoms. The molecular weight excluding hydrogens is 394 g/mol. The molecule has 0 bridgehead atoms. The lowest BCUT2D eigenvalue weighted by atomic mass is 10.1. The number of anilines is 4. The highest BCUT2D eigenvalue weighted by Gasteiger charge is 2.24. The molecule has 0 spiro atoms. The molecule has 0 amide bonds. The van der Waals surface area contributed by atoms with Gasteiger partial charge in [0.1, 0.15) is 18.0 Å². The van der Waals surface area contributed by atoms with E-state index in [1.165, 1.54) is 0 Å². The average Bonchev–Trinajstić information content (AvgIpc) is 2.70. The molecule has 0 atom stereocenters. The predicted octanol–water partition coefficient (Wildman–Crippen LogP) is 5.01. The summed E-state index contributed by atoms with van der Waals surface area (Å²) in [5, 5.41) is 18.0. The minimum Gasteiger partial charge on any atom is -0.334 e. The zero-order valence-corrected chi connectivity index (χ0v) is 15.6. The molecule has 0 aliphatic carbocycles. The molecule has 0 radical (unpaired) electrons. The maximum Gasteiger partial charge on any atom is 0.353 e. The van der Waals surface area contributed by atoms with Gasteiger partial charge in [-0.2, -0.15) is 0 Å². The van der Waals surface area contributed by atoms with Crippen molar-refractivity contribution in [3.05, 3.63) is 82.3 Å². The molecule has 4 rings (SSSR count). The van der Waals surface area contributed by atoms with Crippen LogP contribution in [0.15, 0.2) is 54.9 Å². The van der Waals surface area contributed by atoms with E-state index in [1.54, 1.807) is 12.1 Å². The highest BCUT2D eigenvalue weighted by molar-refractivity contribution is 5.94. The first kappa shape index (κ1) is 19.1. The van der Waals surface area contributed by atoms with Gasteiger partial charge in [0, 0.05) is 22.8 Å². The summed E-state index contributed by atoms with van der Waals surface area (Å²) in [4.78, 5) is 23.3. The molecule has 8 nitrogen and oxygen atoms in total. The van der Waals surface area contributed by atoms with Crippen LogP contribution in [0.3, 0.4) is 0 Å². The van der Waals surface area contributed by atoms with Gasteiger partial charge < -0.3 is 10.6 Å². The summed E-state index contributed by atoms with van der Waals surface area (Å²) in [6.45, 7) is 1.86. The van der Waals surface area contributed by atoms with E-state index in [0.29, 0.717) is 17.3 Å². The molecule has 0 fully saturated rings. The fraction of sp³-hybridized carbons (Fsp3) is 0.0500. The van der Waals surface area contributed by atoms with Gasteiger partial charge in [0.05, 0.1) is 16.1 Å². The number of aryl methyl sites for hydroxylation is 1. The van der Waals surface area contributed by atoms with Crippen LogP contribution in [0.1, 0.15) is 5.69 Å². The Morgan fingerprint density at radius 2 is 1.70 bits per heavy atom. The lowest BCUT2D eigenvalue weighted by molar-refractivity contribution is -0.383. The van der Waals surface area contributed by atoms with Crippen molar-refractivity contribution < 1.29 is 13.7 Å². The summed E-state index contributed by atoms with van der Waals surface area (Å²) in [5.41, 5.74) is 1.46. The van der Waals surface area contributed by atoms with Gasteiger partial charge in [-0.05, 0) is 43.3 Å². The van der Waals surface area contributed by atoms with Gasteiger partial charge in [-0.3, -0.25) is 15.1 Å². The van der Waals surface area contributed by atoms with Crippen molar-refractivity contribution in [1.29, 1.82) is 0 Å². The van der Waals surface area contributed by atoms with E-state index in [0.717, 1.165) is 29.5 Å². The van der Waals surface area contributed by atoms with Crippen LogP contribution in [0.4, 0.5) is 37.5 Å². The second kappa shape index (κ2) is 7.66. The normalized spacial score (nSPS) is 10.8. The molecule has 0 aliphatic rings. The van der Waals surface area contributed by atoms with Crippen LogP contribution in [-0.2, 0) is 0 Å². The summed E-state index contributed by atoms with van der Waals surface area (Å²) < 4.78 is 27.1. The van der Waals surface area contributed by atoms with E-state index < -0.39 is 22.2 Å². The molecule has 0 saturated carbocycles. The standard InChI is InChI=1S/C20H14F2N6O2/c1-11-5-7-13-15(25-11)3-2-4-16(13)26-19-18(28(29)30)20(24-10-23-19)27-17-8-6-12(21)9-14(17)22/h2-10H,1H3,(H2,23,24,26,27). The molecule has 0 unspecified atom stereocenters. The molecule has 2 aromatic heterocycles. The summed E-state index contributed by atoms with van der Waals surface area (Å²) in [5.74, 6) is -2.00.